The molecule has 212 valence electrons. The van der Waals surface area contributed by atoms with Gasteiger partial charge in [0, 0.05) is 44.8 Å². The van der Waals surface area contributed by atoms with E-state index in [0.717, 1.165) is 22.0 Å². The lowest BCUT2D eigenvalue weighted by atomic mass is 9.95. The Hall–Kier alpha value is -4.11. The summed E-state index contributed by atoms with van der Waals surface area (Å²) in [5.41, 5.74) is 3.86. The SMILES string of the molecule is COC(=O)C1=C(C)N=c2s/c(=C\c3cn(Cc4ccccc4Cl)c4ccccc34)c(=O)n2[C@@H]1c1cc(Cl)ccc1OC. The Labute approximate surface area is 255 Å². The largest absolute Gasteiger partial charge is 0.496 e. The van der Waals surface area contributed by atoms with Crippen molar-refractivity contribution in [2.75, 3.05) is 14.2 Å². The first kappa shape index (κ1) is 28.0. The average molecular weight is 619 g/mol. The van der Waals surface area contributed by atoms with Gasteiger partial charge in [-0.2, -0.15) is 0 Å². The van der Waals surface area contributed by atoms with Crippen molar-refractivity contribution in [3.63, 3.8) is 0 Å². The van der Waals surface area contributed by atoms with E-state index in [1.54, 1.807) is 25.1 Å². The van der Waals surface area contributed by atoms with Gasteiger partial charge in [0.25, 0.3) is 5.56 Å². The first-order valence-corrected chi connectivity index (χ1v) is 14.6. The second kappa shape index (κ2) is 11.3. The van der Waals surface area contributed by atoms with E-state index in [-0.39, 0.29) is 11.1 Å². The Morgan fingerprint density at radius 2 is 1.83 bits per heavy atom. The van der Waals surface area contributed by atoms with Gasteiger partial charge in [-0.05, 0) is 48.9 Å². The lowest BCUT2D eigenvalue weighted by molar-refractivity contribution is -0.136. The van der Waals surface area contributed by atoms with Gasteiger partial charge in [-0.1, -0.05) is 70.9 Å². The number of ether oxygens (including phenoxy) is 2. The molecule has 7 nitrogen and oxygen atoms in total. The van der Waals surface area contributed by atoms with E-state index in [1.165, 1.54) is 30.1 Å². The molecule has 1 aliphatic heterocycles. The Kier molecular flexibility index (Phi) is 7.53. The van der Waals surface area contributed by atoms with Crippen molar-refractivity contribution in [3.05, 3.63) is 131 Å². The van der Waals surface area contributed by atoms with Crippen LogP contribution in [0.25, 0.3) is 17.0 Å². The second-order valence-electron chi connectivity index (χ2n) is 9.78. The van der Waals surface area contributed by atoms with Crippen LogP contribution in [0, 0.1) is 0 Å². The molecule has 3 aromatic carbocycles. The molecule has 0 spiro atoms. The second-order valence-corrected chi connectivity index (χ2v) is 11.6. The summed E-state index contributed by atoms with van der Waals surface area (Å²) in [6, 6.07) is 20.0. The number of aromatic nitrogens is 2. The van der Waals surface area contributed by atoms with Crippen molar-refractivity contribution in [2.45, 2.75) is 19.5 Å². The number of allylic oxidation sites excluding steroid dienone is 1. The van der Waals surface area contributed by atoms with E-state index in [0.29, 0.717) is 42.9 Å². The number of esters is 1. The van der Waals surface area contributed by atoms with E-state index in [1.807, 2.05) is 60.8 Å². The van der Waals surface area contributed by atoms with Gasteiger partial charge in [0.2, 0.25) is 0 Å². The van der Waals surface area contributed by atoms with Crippen molar-refractivity contribution in [1.29, 1.82) is 0 Å². The summed E-state index contributed by atoms with van der Waals surface area (Å²) in [4.78, 5) is 32.3. The number of hydrogen-bond acceptors (Lipinski definition) is 6. The van der Waals surface area contributed by atoms with Gasteiger partial charge in [0.05, 0.1) is 30.0 Å². The van der Waals surface area contributed by atoms with Crippen LogP contribution in [0.2, 0.25) is 10.0 Å². The molecule has 0 aliphatic carbocycles. The lowest BCUT2D eigenvalue weighted by Crippen LogP contribution is -2.40. The summed E-state index contributed by atoms with van der Waals surface area (Å²) < 4.78 is 14.9. The van der Waals surface area contributed by atoms with Crippen LogP contribution in [0.5, 0.6) is 5.75 Å². The van der Waals surface area contributed by atoms with Gasteiger partial charge in [-0.15, -0.1) is 0 Å². The number of carbonyl (C=O) groups is 1. The van der Waals surface area contributed by atoms with Crippen molar-refractivity contribution in [2.24, 2.45) is 4.99 Å². The number of para-hydroxylation sites is 1. The fourth-order valence-electron chi connectivity index (χ4n) is 5.38. The molecular formula is C32H25Cl2N3O4S. The van der Waals surface area contributed by atoms with Crippen LogP contribution in [0.4, 0.5) is 0 Å². The summed E-state index contributed by atoms with van der Waals surface area (Å²) >= 11 is 14.1. The molecule has 0 bridgehead atoms. The molecule has 0 amide bonds. The van der Waals surface area contributed by atoms with Crippen LogP contribution in [-0.2, 0) is 16.1 Å². The van der Waals surface area contributed by atoms with Crippen LogP contribution >= 0.6 is 34.5 Å². The first-order valence-electron chi connectivity index (χ1n) is 13.1. The molecule has 0 saturated heterocycles. The molecule has 0 N–H and O–H groups in total. The summed E-state index contributed by atoms with van der Waals surface area (Å²) in [7, 11) is 2.83. The number of rotatable bonds is 6. The Balaban J connectivity index is 1.56. The quantitative estimate of drug-likeness (QED) is 0.228. The molecule has 0 unspecified atom stereocenters. The van der Waals surface area contributed by atoms with Gasteiger partial charge >= 0.3 is 5.97 Å². The molecule has 2 aromatic heterocycles. The normalized spacial score (nSPS) is 15.1. The molecule has 0 saturated carbocycles. The molecular weight excluding hydrogens is 593 g/mol. The van der Waals surface area contributed by atoms with Gasteiger partial charge in [-0.3, -0.25) is 9.36 Å². The maximum atomic E-state index is 14.1. The minimum atomic E-state index is -0.842. The Morgan fingerprint density at radius 1 is 1.07 bits per heavy atom. The predicted octanol–water partition coefficient (Wildman–Crippen LogP) is 5.73. The average Bonchev–Trinajstić information content (AvgIpc) is 3.49. The molecule has 1 aliphatic rings. The third kappa shape index (κ3) is 4.85. The highest BCUT2D eigenvalue weighted by Crippen LogP contribution is 2.37. The number of hydrogen-bond donors (Lipinski definition) is 0. The minimum absolute atomic E-state index is 0.244. The zero-order chi connectivity index (χ0) is 29.5. The predicted molar refractivity (Wildman–Crippen MR) is 166 cm³/mol. The summed E-state index contributed by atoms with van der Waals surface area (Å²) in [6.45, 7) is 2.31. The fourth-order valence-corrected chi connectivity index (χ4v) is 6.79. The minimum Gasteiger partial charge on any atom is -0.496 e. The molecule has 0 radical (unpaired) electrons. The number of nitrogens with zero attached hydrogens (tertiary/aromatic N) is 3. The van der Waals surface area contributed by atoms with Gasteiger partial charge in [-0.25, -0.2) is 9.79 Å². The number of fused-ring (bicyclic) bond motifs is 2. The number of thiazole rings is 1. The maximum absolute atomic E-state index is 14.1. The number of carbonyl (C=O) groups excluding carboxylic acids is 1. The summed E-state index contributed by atoms with van der Waals surface area (Å²) in [5, 5.41) is 2.13. The Morgan fingerprint density at radius 3 is 2.60 bits per heavy atom. The highest BCUT2D eigenvalue weighted by atomic mass is 35.5. The molecule has 10 heteroatoms. The van der Waals surface area contributed by atoms with Crippen molar-refractivity contribution < 1.29 is 14.3 Å². The van der Waals surface area contributed by atoms with Crippen molar-refractivity contribution in [1.82, 2.24) is 9.13 Å². The fraction of sp³-hybridized carbons (Fsp3) is 0.156. The monoisotopic (exact) mass is 617 g/mol. The molecule has 3 heterocycles. The first-order chi connectivity index (χ1) is 20.3. The van der Waals surface area contributed by atoms with E-state index >= 15 is 0 Å². The van der Waals surface area contributed by atoms with Crippen molar-refractivity contribution >= 4 is 57.5 Å². The zero-order valence-corrected chi connectivity index (χ0v) is 25.3. The zero-order valence-electron chi connectivity index (χ0n) is 22.9. The molecule has 1 atom stereocenters. The van der Waals surface area contributed by atoms with Crippen LogP contribution in [0.1, 0.15) is 29.7 Å². The summed E-state index contributed by atoms with van der Waals surface area (Å²) in [6.07, 6.45) is 3.90. The highest BCUT2D eigenvalue weighted by molar-refractivity contribution is 7.07. The van der Waals surface area contributed by atoms with Crippen LogP contribution < -0.4 is 19.6 Å². The van der Waals surface area contributed by atoms with E-state index in [4.69, 9.17) is 32.7 Å². The van der Waals surface area contributed by atoms with Crippen LogP contribution in [0.3, 0.4) is 0 Å². The maximum Gasteiger partial charge on any atom is 0.338 e. The van der Waals surface area contributed by atoms with Crippen molar-refractivity contribution in [3.8, 4) is 5.75 Å². The lowest BCUT2D eigenvalue weighted by Gasteiger charge is -2.25. The van der Waals surface area contributed by atoms with E-state index in [9.17, 15) is 9.59 Å². The molecule has 5 aromatic rings. The standard InChI is InChI=1S/C32H25Cl2N3O4S/c1-18-28(31(39)41-3)29(23-15-21(33)12-13-26(23)40-2)37-30(38)27(42-32(37)35-18)14-20-17-36(25-11-7-5-9-22(20)25)16-19-8-4-6-10-24(19)34/h4-15,17,29H,16H2,1-3H3/b27-14-/t29-/m1/s1. The topological polar surface area (TPSA) is 74.8 Å². The third-order valence-corrected chi connectivity index (χ3v) is 8.90. The smallest absolute Gasteiger partial charge is 0.338 e. The Bertz CT molecular complexity index is 2090. The van der Waals surface area contributed by atoms with Gasteiger partial charge in [0.15, 0.2) is 4.80 Å². The van der Waals surface area contributed by atoms with Crippen LogP contribution in [-0.4, -0.2) is 29.3 Å². The number of benzene rings is 3. The van der Waals surface area contributed by atoms with E-state index in [2.05, 4.69) is 9.56 Å². The third-order valence-electron chi connectivity index (χ3n) is 7.32. The molecule has 0 fully saturated rings. The van der Waals surface area contributed by atoms with Gasteiger partial charge < -0.3 is 14.0 Å². The molecule has 42 heavy (non-hydrogen) atoms. The number of methoxy groups -OCH3 is 2. The van der Waals surface area contributed by atoms with E-state index < -0.39 is 12.0 Å². The van der Waals surface area contributed by atoms with Crippen LogP contribution in [0.15, 0.2) is 94.0 Å². The molecule has 6 rings (SSSR count). The highest BCUT2D eigenvalue weighted by Gasteiger charge is 2.35. The van der Waals surface area contributed by atoms with Gasteiger partial charge in [0.1, 0.15) is 11.8 Å². The number of halogens is 2. The summed E-state index contributed by atoms with van der Waals surface area (Å²) in [5.74, 6) is -0.0991.